The summed E-state index contributed by atoms with van der Waals surface area (Å²) in [7, 11) is 0. The first kappa shape index (κ1) is 18.2. The smallest absolute Gasteiger partial charge is 0.0498 e. The van der Waals surface area contributed by atoms with Gasteiger partial charge in [0.1, 0.15) is 0 Å². The molecule has 1 heterocycles. The van der Waals surface area contributed by atoms with Gasteiger partial charge < -0.3 is 4.74 Å². The molecule has 3 aromatic rings. The van der Waals surface area contributed by atoms with Crippen molar-refractivity contribution in [2.24, 2.45) is 5.92 Å². The maximum atomic E-state index is 5.33. The zero-order valence-corrected chi connectivity index (χ0v) is 15.1. The first-order valence-corrected chi connectivity index (χ1v) is 9.30. The minimum atomic E-state index is 0.757. The molecule has 1 heteroatoms. The van der Waals surface area contributed by atoms with E-state index < -0.39 is 0 Å². The van der Waals surface area contributed by atoms with Crippen LogP contribution in [0.25, 0.3) is 12.2 Å². The van der Waals surface area contributed by atoms with E-state index in [2.05, 4.69) is 66.7 Å². The highest BCUT2D eigenvalue weighted by atomic mass is 16.5. The van der Waals surface area contributed by atoms with Crippen LogP contribution >= 0.6 is 0 Å². The number of hydrogen-bond acceptors (Lipinski definition) is 1. The van der Waals surface area contributed by atoms with E-state index in [0.717, 1.165) is 19.1 Å². The summed E-state index contributed by atoms with van der Waals surface area (Å²) in [4.78, 5) is 0. The van der Waals surface area contributed by atoms with Gasteiger partial charge >= 0.3 is 0 Å². The minimum Gasteiger partial charge on any atom is -0.381 e. The molecule has 0 aromatic heterocycles. The van der Waals surface area contributed by atoms with Crippen LogP contribution < -0.4 is 0 Å². The van der Waals surface area contributed by atoms with E-state index in [1.54, 1.807) is 0 Å². The van der Waals surface area contributed by atoms with Crippen LogP contribution in [0.3, 0.4) is 0 Å². The van der Waals surface area contributed by atoms with Gasteiger partial charge in [0.05, 0.1) is 0 Å². The number of rotatable bonds is 4. The molecule has 0 amide bonds. The zero-order valence-electron chi connectivity index (χ0n) is 15.1. The Bertz CT molecular complexity index is 716. The molecule has 1 saturated heterocycles. The lowest BCUT2D eigenvalue weighted by molar-refractivity contribution is 0.186. The van der Waals surface area contributed by atoms with Gasteiger partial charge in [0.15, 0.2) is 0 Å². The quantitative estimate of drug-likeness (QED) is 0.519. The molecule has 1 unspecified atom stereocenters. The molecular weight excluding hydrogens is 316 g/mol. The summed E-state index contributed by atoms with van der Waals surface area (Å²) in [6, 6.07) is 31.3. The molecule has 26 heavy (non-hydrogen) atoms. The predicted octanol–water partition coefficient (Wildman–Crippen LogP) is 6.12. The Morgan fingerprint density at radius 2 is 1.19 bits per heavy atom. The van der Waals surface area contributed by atoms with E-state index in [9.17, 15) is 0 Å². The zero-order chi connectivity index (χ0) is 17.9. The maximum Gasteiger partial charge on any atom is 0.0498 e. The third-order valence-corrected chi connectivity index (χ3v) is 4.46. The fourth-order valence-corrected chi connectivity index (χ4v) is 3.01. The Kier molecular flexibility index (Phi) is 7.25. The third kappa shape index (κ3) is 6.34. The van der Waals surface area contributed by atoms with E-state index in [1.165, 1.54) is 29.5 Å². The summed E-state index contributed by atoms with van der Waals surface area (Å²) < 4.78 is 5.33. The first-order valence-electron chi connectivity index (χ1n) is 9.30. The highest BCUT2D eigenvalue weighted by Gasteiger charge is 2.15. The fraction of sp³-hybridized carbons (Fsp3) is 0.200. The second-order valence-corrected chi connectivity index (χ2v) is 6.57. The molecule has 1 atom stereocenters. The standard InChI is InChI=1S/C14H12.C11H14O/c1-3-7-13(8-4-1)11-12-14-9-5-2-6-10-14;1-2-4-10(5-3-1)8-11-6-7-12-9-11/h1-12H;1-5,11H,6-9H2. The van der Waals surface area contributed by atoms with Gasteiger partial charge in [-0.15, -0.1) is 0 Å². The Morgan fingerprint density at radius 3 is 1.65 bits per heavy atom. The highest BCUT2D eigenvalue weighted by molar-refractivity contribution is 5.69. The van der Waals surface area contributed by atoms with Crippen LogP contribution in [0.4, 0.5) is 0 Å². The summed E-state index contributed by atoms with van der Waals surface area (Å²) in [5.41, 5.74) is 3.90. The predicted molar refractivity (Wildman–Crippen MR) is 111 cm³/mol. The van der Waals surface area contributed by atoms with Crippen molar-refractivity contribution in [3.63, 3.8) is 0 Å². The van der Waals surface area contributed by atoms with Gasteiger partial charge in [0.2, 0.25) is 0 Å². The monoisotopic (exact) mass is 342 g/mol. The van der Waals surface area contributed by atoms with Crippen LogP contribution in [0.15, 0.2) is 91.0 Å². The van der Waals surface area contributed by atoms with Crippen molar-refractivity contribution in [2.75, 3.05) is 13.2 Å². The van der Waals surface area contributed by atoms with Crippen molar-refractivity contribution >= 4 is 12.2 Å². The Morgan fingerprint density at radius 1 is 0.692 bits per heavy atom. The van der Waals surface area contributed by atoms with Gasteiger partial charge in [-0.2, -0.15) is 0 Å². The molecule has 0 radical (unpaired) electrons. The topological polar surface area (TPSA) is 9.23 Å². The summed E-state index contributed by atoms with van der Waals surface area (Å²) in [5.74, 6) is 0.757. The van der Waals surface area contributed by atoms with Crippen molar-refractivity contribution in [1.29, 1.82) is 0 Å². The second kappa shape index (κ2) is 10.4. The van der Waals surface area contributed by atoms with Gasteiger partial charge in [-0.05, 0) is 35.4 Å². The summed E-state index contributed by atoms with van der Waals surface area (Å²) in [6.45, 7) is 1.91. The average molecular weight is 342 g/mol. The highest BCUT2D eigenvalue weighted by Crippen LogP contribution is 2.17. The molecule has 1 nitrogen and oxygen atoms in total. The maximum absolute atomic E-state index is 5.33. The average Bonchev–Trinajstić information content (AvgIpc) is 3.22. The van der Waals surface area contributed by atoms with Gasteiger partial charge in [0.25, 0.3) is 0 Å². The number of ether oxygens (including phenoxy) is 1. The molecule has 0 N–H and O–H groups in total. The molecule has 0 aliphatic carbocycles. The molecule has 132 valence electrons. The van der Waals surface area contributed by atoms with E-state index in [-0.39, 0.29) is 0 Å². The fourth-order valence-electron chi connectivity index (χ4n) is 3.01. The van der Waals surface area contributed by atoms with E-state index in [4.69, 9.17) is 4.74 Å². The summed E-state index contributed by atoms with van der Waals surface area (Å²) >= 11 is 0. The van der Waals surface area contributed by atoms with Gasteiger partial charge in [-0.1, -0.05) is 103 Å². The molecule has 4 rings (SSSR count). The SMILES string of the molecule is C(=Cc1ccccc1)c1ccccc1.c1ccc(CC2CCOC2)cc1. The van der Waals surface area contributed by atoms with Crippen molar-refractivity contribution in [1.82, 2.24) is 0 Å². The second-order valence-electron chi connectivity index (χ2n) is 6.57. The van der Waals surface area contributed by atoms with Gasteiger partial charge in [-0.25, -0.2) is 0 Å². The van der Waals surface area contributed by atoms with Crippen molar-refractivity contribution < 1.29 is 4.74 Å². The third-order valence-electron chi connectivity index (χ3n) is 4.46. The van der Waals surface area contributed by atoms with Crippen molar-refractivity contribution in [3.8, 4) is 0 Å². The molecule has 1 aliphatic heterocycles. The lowest BCUT2D eigenvalue weighted by Crippen LogP contribution is -2.02. The van der Waals surface area contributed by atoms with Crippen molar-refractivity contribution in [3.05, 3.63) is 108 Å². The first-order chi connectivity index (χ1) is 12.9. The van der Waals surface area contributed by atoms with Crippen LogP contribution in [0.1, 0.15) is 23.1 Å². The minimum absolute atomic E-state index is 0.757. The lowest BCUT2D eigenvalue weighted by atomic mass is 9.99. The van der Waals surface area contributed by atoms with Crippen LogP contribution in [-0.2, 0) is 11.2 Å². The number of hydrogen-bond donors (Lipinski definition) is 0. The molecule has 1 fully saturated rings. The van der Waals surface area contributed by atoms with Crippen LogP contribution in [0, 0.1) is 5.92 Å². The summed E-state index contributed by atoms with van der Waals surface area (Å²) in [5, 5.41) is 0. The van der Waals surface area contributed by atoms with Crippen LogP contribution in [-0.4, -0.2) is 13.2 Å². The Hall–Kier alpha value is -2.64. The van der Waals surface area contributed by atoms with E-state index >= 15 is 0 Å². The molecule has 0 spiro atoms. The largest absolute Gasteiger partial charge is 0.381 e. The Balaban J connectivity index is 0.000000152. The Labute approximate surface area is 157 Å². The van der Waals surface area contributed by atoms with E-state index in [0.29, 0.717) is 0 Å². The molecule has 1 aliphatic rings. The molecule has 0 bridgehead atoms. The van der Waals surface area contributed by atoms with Crippen LogP contribution in [0.2, 0.25) is 0 Å². The van der Waals surface area contributed by atoms with Gasteiger partial charge in [-0.3, -0.25) is 0 Å². The molecule has 3 aromatic carbocycles. The summed E-state index contributed by atoms with van der Waals surface area (Å²) in [6.07, 6.45) is 6.65. The van der Waals surface area contributed by atoms with Crippen LogP contribution in [0.5, 0.6) is 0 Å². The normalized spacial score (nSPS) is 16.2. The van der Waals surface area contributed by atoms with E-state index in [1.807, 2.05) is 36.4 Å². The lowest BCUT2D eigenvalue weighted by Gasteiger charge is -2.06. The molecule has 0 saturated carbocycles. The molecular formula is C25H26O. The van der Waals surface area contributed by atoms with Crippen molar-refractivity contribution in [2.45, 2.75) is 12.8 Å². The number of benzene rings is 3. The van der Waals surface area contributed by atoms with Gasteiger partial charge in [0, 0.05) is 13.2 Å².